The third-order valence-electron chi connectivity index (χ3n) is 6.87. The third kappa shape index (κ3) is 7.20. The van der Waals surface area contributed by atoms with Gasteiger partial charge in [-0.15, -0.1) is 0 Å². The average Bonchev–Trinajstić information content (AvgIpc) is 2.83. The van der Waals surface area contributed by atoms with Crippen molar-refractivity contribution in [3.05, 3.63) is 58.9 Å². The number of hydrogen-bond donors (Lipinski definition) is 3. The van der Waals surface area contributed by atoms with Gasteiger partial charge in [-0.05, 0) is 37.8 Å². The molecule has 8 nitrogen and oxygen atoms in total. The fraction of sp³-hybridized carbons (Fsp3) is 0.536. The Morgan fingerprint density at radius 3 is 2.22 bits per heavy atom. The number of allylic oxidation sites excluding steroid dienone is 5. The molecule has 0 radical (unpaired) electrons. The van der Waals surface area contributed by atoms with Gasteiger partial charge < -0.3 is 25.0 Å². The maximum atomic E-state index is 13.1. The fourth-order valence-electron chi connectivity index (χ4n) is 4.61. The number of carbonyl (C=O) groups excluding carboxylic acids is 3. The zero-order valence-electron chi connectivity index (χ0n) is 22.1. The second-order valence-corrected chi connectivity index (χ2v) is 9.78. The minimum Gasteiger partial charge on any atom is -0.388 e. The zero-order chi connectivity index (χ0) is 27.2. The van der Waals surface area contributed by atoms with Crippen molar-refractivity contribution >= 4 is 17.5 Å². The maximum absolute atomic E-state index is 13.1. The molecule has 7 atom stereocenters. The van der Waals surface area contributed by atoms with Crippen molar-refractivity contribution in [1.29, 1.82) is 0 Å². The summed E-state index contributed by atoms with van der Waals surface area (Å²) in [5.74, 6) is -2.48. The van der Waals surface area contributed by atoms with Crippen LogP contribution in [0.4, 0.5) is 0 Å². The van der Waals surface area contributed by atoms with E-state index in [4.69, 9.17) is 9.47 Å². The second kappa shape index (κ2) is 13.1. The van der Waals surface area contributed by atoms with Crippen LogP contribution in [-0.2, 0) is 23.9 Å². The van der Waals surface area contributed by atoms with Crippen LogP contribution in [0.1, 0.15) is 41.0 Å². The van der Waals surface area contributed by atoms with Gasteiger partial charge in [-0.25, -0.2) is 0 Å². The van der Waals surface area contributed by atoms with Gasteiger partial charge in [0.25, 0.3) is 5.91 Å². The third-order valence-corrected chi connectivity index (χ3v) is 6.87. The number of fused-ring (bicyclic) bond motifs is 2. The van der Waals surface area contributed by atoms with Gasteiger partial charge in [0.1, 0.15) is 0 Å². The molecule has 36 heavy (non-hydrogen) atoms. The molecule has 2 bridgehead atoms. The van der Waals surface area contributed by atoms with Crippen LogP contribution < -0.4 is 5.32 Å². The highest BCUT2D eigenvalue weighted by Gasteiger charge is 2.35. The molecule has 3 N–H and O–H groups in total. The van der Waals surface area contributed by atoms with E-state index in [9.17, 15) is 24.6 Å². The van der Waals surface area contributed by atoms with Gasteiger partial charge in [-0.3, -0.25) is 14.4 Å². The summed E-state index contributed by atoms with van der Waals surface area (Å²) in [7, 11) is 3.13. The first kappa shape index (κ1) is 29.6. The van der Waals surface area contributed by atoms with Gasteiger partial charge in [0, 0.05) is 43.3 Å². The van der Waals surface area contributed by atoms with Gasteiger partial charge in [-0.1, -0.05) is 45.1 Å². The largest absolute Gasteiger partial charge is 0.388 e. The number of carbonyl (C=O) groups is 3. The van der Waals surface area contributed by atoms with E-state index in [-0.39, 0.29) is 23.1 Å². The van der Waals surface area contributed by atoms with E-state index in [1.54, 1.807) is 46.3 Å². The molecule has 0 saturated carbocycles. The molecule has 1 heterocycles. The predicted octanol–water partition coefficient (Wildman–Crippen LogP) is 2.58. The van der Waals surface area contributed by atoms with Crippen LogP contribution in [0.15, 0.2) is 58.9 Å². The lowest BCUT2D eigenvalue weighted by Crippen LogP contribution is -2.40. The normalized spacial score (nSPS) is 37.1. The van der Waals surface area contributed by atoms with E-state index < -0.39 is 47.8 Å². The average molecular weight is 502 g/mol. The summed E-state index contributed by atoms with van der Waals surface area (Å²) in [5.41, 5.74) is 0.827. The SMILES string of the molecule is COC1[C@@H](OC)C[C@H](C)[C@@H](O)C2=CC(=O)C=C(NC(=O)/C(C)=C/C=C\[C@H](C)[C@@H](O)/C(C)=C/[C@@H]1C)C2=O. The molecule has 8 heteroatoms. The first-order valence-corrected chi connectivity index (χ1v) is 12.2. The quantitative estimate of drug-likeness (QED) is 0.393. The molecule has 2 rings (SSSR count). The molecule has 0 fully saturated rings. The summed E-state index contributed by atoms with van der Waals surface area (Å²) >= 11 is 0. The maximum Gasteiger partial charge on any atom is 0.251 e. The number of ether oxygens (including phenoxy) is 2. The Morgan fingerprint density at radius 1 is 0.944 bits per heavy atom. The van der Waals surface area contributed by atoms with E-state index >= 15 is 0 Å². The van der Waals surface area contributed by atoms with Crippen molar-refractivity contribution in [3.8, 4) is 0 Å². The number of aliphatic hydroxyl groups is 2. The number of methoxy groups -OCH3 is 2. The van der Waals surface area contributed by atoms with Crippen molar-refractivity contribution in [2.75, 3.05) is 14.2 Å². The molecule has 1 aliphatic carbocycles. The van der Waals surface area contributed by atoms with E-state index in [0.29, 0.717) is 12.0 Å². The van der Waals surface area contributed by atoms with Gasteiger partial charge in [0.15, 0.2) is 5.78 Å². The van der Waals surface area contributed by atoms with Crippen LogP contribution in [-0.4, -0.2) is 66.3 Å². The van der Waals surface area contributed by atoms with E-state index in [1.165, 1.54) is 0 Å². The van der Waals surface area contributed by atoms with E-state index in [1.807, 2.05) is 26.8 Å². The molecule has 1 aliphatic heterocycles. The van der Waals surface area contributed by atoms with Crippen LogP contribution in [0.5, 0.6) is 0 Å². The molecule has 1 amide bonds. The minimum absolute atomic E-state index is 0.0747. The topological polar surface area (TPSA) is 122 Å². The molecule has 0 saturated heterocycles. The molecule has 0 aromatic rings. The molecular weight excluding hydrogens is 462 g/mol. The summed E-state index contributed by atoms with van der Waals surface area (Å²) in [6.07, 6.45) is 6.65. The summed E-state index contributed by atoms with van der Waals surface area (Å²) < 4.78 is 11.5. The number of nitrogens with one attached hydrogen (secondary N) is 1. The van der Waals surface area contributed by atoms with Crippen LogP contribution in [0.2, 0.25) is 0 Å². The second-order valence-electron chi connectivity index (χ2n) is 9.78. The van der Waals surface area contributed by atoms with Gasteiger partial charge in [-0.2, -0.15) is 0 Å². The van der Waals surface area contributed by atoms with Crippen LogP contribution in [0, 0.1) is 17.8 Å². The Bertz CT molecular complexity index is 1000. The van der Waals surface area contributed by atoms with Crippen LogP contribution in [0.3, 0.4) is 0 Å². The highest BCUT2D eigenvalue weighted by atomic mass is 16.5. The molecule has 0 spiro atoms. The van der Waals surface area contributed by atoms with Crippen molar-refractivity contribution in [2.45, 2.75) is 65.5 Å². The van der Waals surface area contributed by atoms with Crippen LogP contribution >= 0.6 is 0 Å². The van der Waals surface area contributed by atoms with E-state index in [2.05, 4.69) is 5.32 Å². The Morgan fingerprint density at radius 2 is 1.61 bits per heavy atom. The lowest BCUT2D eigenvalue weighted by molar-refractivity contribution is -0.120. The Kier molecular flexibility index (Phi) is 10.7. The summed E-state index contributed by atoms with van der Waals surface area (Å²) in [4.78, 5) is 38.0. The first-order chi connectivity index (χ1) is 16.9. The minimum atomic E-state index is -1.26. The summed E-state index contributed by atoms with van der Waals surface area (Å²) in [6.45, 7) is 9.03. The van der Waals surface area contributed by atoms with Crippen molar-refractivity contribution in [2.24, 2.45) is 17.8 Å². The number of amides is 1. The fourth-order valence-corrected chi connectivity index (χ4v) is 4.61. The highest BCUT2D eigenvalue weighted by Crippen LogP contribution is 2.28. The lowest BCUT2D eigenvalue weighted by Gasteiger charge is -2.32. The predicted molar refractivity (Wildman–Crippen MR) is 137 cm³/mol. The number of ketones is 2. The van der Waals surface area contributed by atoms with Gasteiger partial charge in [0.05, 0.1) is 30.1 Å². The molecule has 198 valence electrons. The first-order valence-electron chi connectivity index (χ1n) is 12.2. The van der Waals surface area contributed by atoms with E-state index in [0.717, 1.165) is 17.7 Å². The number of hydrogen-bond acceptors (Lipinski definition) is 7. The summed E-state index contributed by atoms with van der Waals surface area (Å²) in [5, 5.41) is 24.3. The standard InChI is InChI=1S/C28H39NO7/c1-15-9-8-10-16(2)28(34)29-22-14-20(30)13-21(26(22)33)25(32)18(4)12-23(35-6)27(36-7)19(5)11-17(3)24(15)31/h8-11,13-15,18-19,23-25,27,31-32H,12H2,1-7H3,(H,29,34)/b9-8-,16-10+,17-11+/t15-,18-,19-,23-,24+,25+,27?/m0/s1. The van der Waals surface area contributed by atoms with Gasteiger partial charge >= 0.3 is 0 Å². The zero-order valence-corrected chi connectivity index (χ0v) is 22.1. The lowest BCUT2D eigenvalue weighted by atomic mass is 9.84. The number of rotatable bonds is 2. The highest BCUT2D eigenvalue weighted by molar-refractivity contribution is 6.22. The molecule has 2 aliphatic rings. The molecule has 0 aromatic heterocycles. The van der Waals surface area contributed by atoms with Crippen molar-refractivity contribution < 1.29 is 34.1 Å². The molecule has 1 unspecified atom stereocenters. The van der Waals surface area contributed by atoms with Crippen LogP contribution in [0.25, 0.3) is 0 Å². The smallest absolute Gasteiger partial charge is 0.251 e. The Hall–Kier alpha value is -2.65. The molecular formula is C28H39NO7. The monoisotopic (exact) mass is 501 g/mol. The number of Topliss-reactive ketones (excluding diaryl/α,β-unsaturated/α-hetero) is 1. The van der Waals surface area contributed by atoms with Crippen molar-refractivity contribution in [3.63, 3.8) is 0 Å². The number of aliphatic hydroxyl groups excluding tert-OH is 2. The molecule has 0 aromatic carbocycles. The Balaban J connectivity index is 2.52. The Labute approximate surface area is 213 Å². The summed E-state index contributed by atoms with van der Waals surface area (Å²) in [6, 6.07) is 0. The van der Waals surface area contributed by atoms with Gasteiger partial charge in [0.2, 0.25) is 5.78 Å². The van der Waals surface area contributed by atoms with Crippen molar-refractivity contribution in [1.82, 2.24) is 5.32 Å².